The predicted molar refractivity (Wildman–Crippen MR) is 90.9 cm³/mol. The molecule has 4 aromatic rings. The molecule has 0 N–H and O–H groups in total. The van der Waals surface area contributed by atoms with Crippen LogP contribution in [0, 0.1) is 0 Å². The minimum Gasteiger partial charge on any atom is -0.497 e. The Hall–Kier alpha value is -2.46. The second-order valence-corrected chi connectivity index (χ2v) is 5.07. The van der Waals surface area contributed by atoms with Crippen molar-refractivity contribution in [3.05, 3.63) is 54.7 Å². The molecule has 0 spiro atoms. The van der Waals surface area contributed by atoms with Crippen molar-refractivity contribution < 1.29 is 4.74 Å². The largest absolute Gasteiger partial charge is 0.497 e. The van der Waals surface area contributed by atoms with Crippen molar-refractivity contribution in [2.75, 3.05) is 7.11 Å². The highest BCUT2D eigenvalue weighted by Crippen LogP contribution is 2.25. The quantitative estimate of drug-likeness (QED) is 0.561. The molecular formula is C17H16ClN3O. The number of hydrogen-bond acceptors (Lipinski definition) is 2. The van der Waals surface area contributed by atoms with Gasteiger partial charge in [0.05, 0.1) is 23.8 Å². The number of ether oxygens (including phenoxy) is 1. The molecule has 5 heteroatoms. The van der Waals surface area contributed by atoms with Crippen LogP contribution in [0.4, 0.5) is 0 Å². The van der Waals surface area contributed by atoms with Crippen LogP contribution in [0.1, 0.15) is 0 Å². The van der Waals surface area contributed by atoms with Crippen LogP contribution in [0.25, 0.3) is 28.1 Å². The van der Waals surface area contributed by atoms with Gasteiger partial charge in [0, 0.05) is 18.8 Å². The van der Waals surface area contributed by atoms with E-state index in [4.69, 9.17) is 9.72 Å². The van der Waals surface area contributed by atoms with Crippen molar-refractivity contribution in [3.63, 3.8) is 0 Å². The molecule has 0 atom stereocenters. The zero-order valence-corrected chi connectivity index (χ0v) is 13.2. The molecule has 0 bridgehead atoms. The number of aryl methyl sites for hydroxylation is 1. The minimum atomic E-state index is 0. The first kappa shape index (κ1) is 14.5. The number of halogens is 1. The highest BCUT2D eigenvalue weighted by Gasteiger charge is 2.12. The SMILES string of the molecule is COc1ccc(-c2cn3c4ccccc4n(C)c3n2)cc1.Cl. The van der Waals surface area contributed by atoms with Crippen molar-refractivity contribution in [2.24, 2.45) is 7.05 Å². The highest BCUT2D eigenvalue weighted by atomic mass is 35.5. The van der Waals surface area contributed by atoms with Crippen LogP contribution in [-0.4, -0.2) is 21.1 Å². The molecule has 0 aliphatic carbocycles. The number of aromatic nitrogens is 3. The molecule has 0 amide bonds. The smallest absolute Gasteiger partial charge is 0.215 e. The zero-order valence-electron chi connectivity index (χ0n) is 12.4. The molecule has 112 valence electrons. The van der Waals surface area contributed by atoms with Gasteiger partial charge in [-0.05, 0) is 36.4 Å². The zero-order chi connectivity index (χ0) is 14.4. The summed E-state index contributed by atoms with van der Waals surface area (Å²) in [6.45, 7) is 0. The van der Waals surface area contributed by atoms with Crippen LogP contribution in [-0.2, 0) is 7.05 Å². The summed E-state index contributed by atoms with van der Waals surface area (Å²) < 4.78 is 9.44. The van der Waals surface area contributed by atoms with Gasteiger partial charge >= 0.3 is 0 Å². The number of imidazole rings is 2. The summed E-state index contributed by atoms with van der Waals surface area (Å²) in [5.74, 6) is 1.80. The van der Waals surface area contributed by atoms with Crippen LogP contribution in [0.2, 0.25) is 0 Å². The van der Waals surface area contributed by atoms with E-state index in [2.05, 4.69) is 33.4 Å². The van der Waals surface area contributed by atoms with E-state index < -0.39 is 0 Å². The van der Waals surface area contributed by atoms with Gasteiger partial charge < -0.3 is 9.30 Å². The second kappa shape index (κ2) is 5.39. The van der Waals surface area contributed by atoms with E-state index in [0.29, 0.717) is 0 Å². The third-order valence-corrected chi connectivity index (χ3v) is 3.88. The van der Waals surface area contributed by atoms with E-state index in [-0.39, 0.29) is 12.4 Å². The lowest BCUT2D eigenvalue weighted by Crippen LogP contribution is -1.88. The minimum absolute atomic E-state index is 0. The fourth-order valence-electron chi connectivity index (χ4n) is 2.74. The molecular weight excluding hydrogens is 298 g/mol. The summed E-state index contributed by atoms with van der Waals surface area (Å²) in [6, 6.07) is 16.3. The molecule has 2 aromatic heterocycles. The van der Waals surface area contributed by atoms with Crippen LogP contribution in [0.3, 0.4) is 0 Å². The molecule has 0 aliphatic rings. The van der Waals surface area contributed by atoms with Gasteiger partial charge in [0.1, 0.15) is 5.75 Å². The molecule has 4 rings (SSSR count). The standard InChI is InChI=1S/C17H15N3O.ClH/c1-19-15-5-3-4-6-16(15)20-11-14(18-17(19)20)12-7-9-13(21-2)10-8-12;/h3-11H,1-2H3;1H. The topological polar surface area (TPSA) is 31.5 Å². The van der Waals surface area contributed by atoms with Crippen molar-refractivity contribution in [1.82, 2.24) is 14.0 Å². The van der Waals surface area contributed by atoms with Gasteiger partial charge in [0.25, 0.3) is 0 Å². The molecule has 4 nitrogen and oxygen atoms in total. The molecule has 2 heterocycles. The van der Waals surface area contributed by atoms with Crippen molar-refractivity contribution in [3.8, 4) is 17.0 Å². The number of benzene rings is 2. The summed E-state index contributed by atoms with van der Waals surface area (Å²) in [6.07, 6.45) is 2.08. The van der Waals surface area contributed by atoms with Crippen molar-refractivity contribution >= 4 is 29.2 Å². The van der Waals surface area contributed by atoms with Crippen LogP contribution in [0.5, 0.6) is 5.75 Å². The number of hydrogen-bond donors (Lipinski definition) is 0. The lowest BCUT2D eigenvalue weighted by atomic mass is 10.2. The Balaban J connectivity index is 0.00000144. The molecule has 0 saturated heterocycles. The highest BCUT2D eigenvalue weighted by molar-refractivity contribution is 5.85. The maximum Gasteiger partial charge on any atom is 0.215 e. The van der Waals surface area contributed by atoms with Gasteiger partial charge in [-0.1, -0.05) is 12.1 Å². The average molecular weight is 314 g/mol. The Morgan fingerprint density at radius 3 is 2.32 bits per heavy atom. The molecule has 0 fully saturated rings. The van der Waals surface area contributed by atoms with Gasteiger partial charge in [0.15, 0.2) is 0 Å². The molecule has 0 unspecified atom stereocenters. The fraction of sp³-hybridized carbons (Fsp3) is 0.118. The number of nitrogens with zero attached hydrogens (tertiary/aromatic N) is 3. The normalized spacial score (nSPS) is 10.8. The third-order valence-electron chi connectivity index (χ3n) is 3.88. The maximum absolute atomic E-state index is 5.20. The molecule has 22 heavy (non-hydrogen) atoms. The summed E-state index contributed by atoms with van der Waals surface area (Å²) >= 11 is 0. The number of rotatable bonds is 2. The first-order valence-electron chi connectivity index (χ1n) is 6.85. The van der Waals surface area contributed by atoms with Gasteiger partial charge in [-0.2, -0.15) is 0 Å². The van der Waals surface area contributed by atoms with Gasteiger partial charge in [-0.25, -0.2) is 4.98 Å². The summed E-state index contributed by atoms with van der Waals surface area (Å²) in [4.78, 5) is 4.76. The van der Waals surface area contributed by atoms with E-state index in [1.54, 1.807) is 7.11 Å². The van der Waals surface area contributed by atoms with E-state index in [1.807, 2.05) is 37.4 Å². The molecule has 2 aromatic carbocycles. The Morgan fingerprint density at radius 1 is 0.955 bits per heavy atom. The number of para-hydroxylation sites is 2. The van der Waals surface area contributed by atoms with Crippen LogP contribution >= 0.6 is 12.4 Å². The van der Waals surface area contributed by atoms with Crippen LogP contribution < -0.4 is 4.74 Å². The fourth-order valence-corrected chi connectivity index (χ4v) is 2.74. The lowest BCUT2D eigenvalue weighted by Gasteiger charge is -2.00. The monoisotopic (exact) mass is 313 g/mol. The Bertz CT molecular complexity index is 938. The van der Waals surface area contributed by atoms with E-state index >= 15 is 0 Å². The van der Waals surface area contributed by atoms with Crippen molar-refractivity contribution in [1.29, 1.82) is 0 Å². The van der Waals surface area contributed by atoms with Crippen LogP contribution in [0.15, 0.2) is 54.7 Å². The van der Waals surface area contributed by atoms with Gasteiger partial charge in [-0.3, -0.25) is 4.40 Å². The third kappa shape index (κ3) is 2.04. The molecule has 0 aliphatic heterocycles. The van der Waals surface area contributed by atoms with Gasteiger partial charge in [0.2, 0.25) is 5.78 Å². The van der Waals surface area contributed by atoms with E-state index in [1.165, 1.54) is 11.0 Å². The first-order valence-corrected chi connectivity index (χ1v) is 6.85. The average Bonchev–Trinajstić information content (AvgIpc) is 3.08. The number of methoxy groups -OCH3 is 1. The molecule has 0 saturated carbocycles. The Morgan fingerprint density at radius 2 is 1.64 bits per heavy atom. The Kier molecular flexibility index (Phi) is 3.54. The number of fused-ring (bicyclic) bond motifs is 3. The van der Waals surface area contributed by atoms with E-state index in [9.17, 15) is 0 Å². The first-order chi connectivity index (χ1) is 10.3. The van der Waals surface area contributed by atoms with Crippen molar-refractivity contribution in [2.45, 2.75) is 0 Å². The summed E-state index contributed by atoms with van der Waals surface area (Å²) in [5, 5.41) is 0. The summed E-state index contributed by atoms with van der Waals surface area (Å²) in [5.41, 5.74) is 4.40. The lowest BCUT2D eigenvalue weighted by molar-refractivity contribution is 0.415. The Labute approximate surface area is 134 Å². The van der Waals surface area contributed by atoms with Gasteiger partial charge in [-0.15, -0.1) is 12.4 Å². The molecule has 0 radical (unpaired) electrons. The second-order valence-electron chi connectivity index (χ2n) is 5.07. The summed E-state index contributed by atoms with van der Waals surface area (Å²) in [7, 11) is 3.72. The maximum atomic E-state index is 5.20. The predicted octanol–water partition coefficient (Wildman–Crippen LogP) is 3.92. The van der Waals surface area contributed by atoms with E-state index in [0.717, 1.165) is 22.8 Å².